The monoisotopic (exact) mass is 412 g/mol. The number of piperidine rings is 1. The number of fused-ring (bicyclic) bond motifs is 1. The number of aromatic nitrogens is 1. The average Bonchev–Trinajstić information content (AvgIpc) is 2.73. The molecule has 0 amide bonds. The van der Waals surface area contributed by atoms with Gasteiger partial charge >= 0.3 is 0 Å². The van der Waals surface area contributed by atoms with Gasteiger partial charge in [-0.05, 0) is 75.7 Å². The van der Waals surface area contributed by atoms with Gasteiger partial charge < -0.3 is 10.1 Å². The molecule has 1 aromatic heterocycles. The standard InChI is InChI=1S/C24H26ClFN2O/c1-16-13-18-3-8-22(25)28-23(18)21(14-16)17(2)29-15-24(9-11-27-12-10-24)19-4-6-20(26)7-5-19/h3-8,13-14,17,27H,9-12,15H2,1-2H3. The molecule has 1 fully saturated rings. The van der Waals surface area contributed by atoms with Crippen molar-refractivity contribution in [1.29, 1.82) is 0 Å². The van der Waals surface area contributed by atoms with Crippen LogP contribution < -0.4 is 5.32 Å². The van der Waals surface area contributed by atoms with E-state index in [0.717, 1.165) is 48.0 Å². The van der Waals surface area contributed by atoms with E-state index in [9.17, 15) is 4.39 Å². The van der Waals surface area contributed by atoms with Crippen molar-refractivity contribution in [2.75, 3.05) is 19.7 Å². The van der Waals surface area contributed by atoms with E-state index < -0.39 is 0 Å². The molecule has 0 radical (unpaired) electrons. The highest BCUT2D eigenvalue weighted by Gasteiger charge is 2.35. The Hall–Kier alpha value is -2.01. The predicted molar refractivity (Wildman–Crippen MR) is 116 cm³/mol. The molecule has 2 aromatic carbocycles. The summed E-state index contributed by atoms with van der Waals surface area (Å²) in [5.74, 6) is -0.207. The molecular formula is C24H26ClFN2O. The number of pyridine rings is 1. The highest BCUT2D eigenvalue weighted by molar-refractivity contribution is 6.29. The van der Waals surface area contributed by atoms with E-state index in [-0.39, 0.29) is 17.3 Å². The molecule has 5 heteroatoms. The summed E-state index contributed by atoms with van der Waals surface area (Å²) in [5, 5.41) is 4.97. The third kappa shape index (κ3) is 4.30. The third-order valence-corrected chi connectivity index (χ3v) is 6.21. The van der Waals surface area contributed by atoms with Gasteiger partial charge in [0.05, 0.1) is 18.2 Å². The molecule has 0 bridgehead atoms. The van der Waals surface area contributed by atoms with Gasteiger partial charge in [-0.2, -0.15) is 0 Å². The van der Waals surface area contributed by atoms with E-state index in [1.807, 2.05) is 24.3 Å². The molecule has 1 unspecified atom stereocenters. The Morgan fingerprint density at radius 3 is 2.59 bits per heavy atom. The third-order valence-electron chi connectivity index (χ3n) is 6.00. The maximum absolute atomic E-state index is 13.5. The van der Waals surface area contributed by atoms with Crippen LogP contribution in [0.15, 0.2) is 48.5 Å². The SMILES string of the molecule is Cc1cc(C(C)OCC2(c3ccc(F)cc3)CCNCC2)c2nc(Cl)ccc2c1. The predicted octanol–water partition coefficient (Wildman–Crippen LogP) is 5.73. The second-order valence-corrected chi connectivity index (χ2v) is 8.44. The number of rotatable bonds is 5. The van der Waals surface area contributed by atoms with Gasteiger partial charge in [-0.15, -0.1) is 0 Å². The molecule has 1 aliphatic rings. The van der Waals surface area contributed by atoms with E-state index >= 15 is 0 Å². The van der Waals surface area contributed by atoms with Crippen LogP contribution in [0, 0.1) is 12.7 Å². The summed E-state index contributed by atoms with van der Waals surface area (Å²) in [7, 11) is 0. The molecular weight excluding hydrogens is 387 g/mol. The smallest absolute Gasteiger partial charge is 0.129 e. The van der Waals surface area contributed by atoms with Gasteiger partial charge in [-0.3, -0.25) is 0 Å². The maximum atomic E-state index is 13.5. The van der Waals surface area contributed by atoms with Crippen molar-refractivity contribution < 1.29 is 9.13 Å². The van der Waals surface area contributed by atoms with Gasteiger partial charge in [0, 0.05) is 16.4 Å². The second kappa shape index (κ2) is 8.39. The summed E-state index contributed by atoms with van der Waals surface area (Å²) in [6.07, 6.45) is 1.80. The first-order valence-corrected chi connectivity index (χ1v) is 10.5. The zero-order chi connectivity index (χ0) is 20.4. The topological polar surface area (TPSA) is 34.1 Å². The van der Waals surface area contributed by atoms with E-state index in [1.165, 1.54) is 5.56 Å². The average molecular weight is 413 g/mol. The van der Waals surface area contributed by atoms with Crippen LogP contribution in [0.25, 0.3) is 10.9 Å². The highest BCUT2D eigenvalue weighted by Crippen LogP contribution is 2.36. The summed E-state index contributed by atoms with van der Waals surface area (Å²) >= 11 is 6.16. The number of ether oxygens (including phenoxy) is 1. The van der Waals surface area contributed by atoms with Gasteiger partial charge in [0.25, 0.3) is 0 Å². The van der Waals surface area contributed by atoms with Crippen LogP contribution in [0.2, 0.25) is 5.15 Å². The summed E-state index contributed by atoms with van der Waals surface area (Å²) in [5.41, 5.74) is 4.13. The Balaban J connectivity index is 1.62. The lowest BCUT2D eigenvalue weighted by Gasteiger charge is -2.39. The summed E-state index contributed by atoms with van der Waals surface area (Å²) in [6.45, 7) is 6.59. The summed E-state index contributed by atoms with van der Waals surface area (Å²) < 4.78 is 19.9. The number of aryl methyl sites for hydroxylation is 1. The second-order valence-electron chi connectivity index (χ2n) is 8.05. The van der Waals surface area contributed by atoms with Crippen LogP contribution in [-0.4, -0.2) is 24.7 Å². The molecule has 0 saturated carbocycles. The number of hydrogen-bond acceptors (Lipinski definition) is 3. The van der Waals surface area contributed by atoms with Gasteiger partial charge in [-0.25, -0.2) is 9.37 Å². The number of hydrogen-bond donors (Lipinski definition) is 1. The molecule has 0 spiro atoms. The van der Waals surface area contributed by atoms with E-state index in [0.29, 0.717) is 11.8 Å². The van der Waals surface area contributed by atoms with Crippen LogP contribution in [-0.2, 0) is 10.2 Å². The molecule has 0 aliphatic carbocycles. The highest BCUT2D eigenvalue weighted by atomic mass is 35.5. The molecule has 29 heavy (non-hydrogen) atoms. The van der Waals surface area contributed by atoms with Crippen LogP contribution in [0.4, 0.5) is 4.39 Å². The molecule has 152 valence electrons. The lowest BCUT2D eigenvalue weighted by molar-refractivity contribution is 0.0172. The van der Waals surface area contributed by atoms with Crippen molar-refractivity contribution in [3.8, 4) is 0 Å². The summed E-state index contributed by atoms with van der Waals surface area (Å²) in [4.78, 5) is 4.55. The lowest BCUT2D eigenvalue weighted by Crippen LogP contribution is -2.43. The van der Waals surface area contributed by atoms with E-state index in [2.05, 4.69) is 36.3 Å². The number of halogens is 2. The first-order valence-electron chi connectivity index (χ1n) is 10.1. The fraction of sp³-hybridized carbons (Fsp3) is 0.375. The molecule has 4 rings (SSSR count). The van der Waals surface area contributed by atoms with Crippen LogP contribution >= 0.6 is 11.6 Å². The van der Waals surface area contributed by atoms with Gasteiger partial charge in [-0.1, -0.05) is 35.4 Å². The number of nitrogens with one attached hydrogen (secondary N) is 1. The fourth-order valence-electron chi connectivity index (χ4n) is 4.30. The fourth-order valence-corrected chi connectivity index (χ4v) is 4.45. The van der Waals surface area contributed by atoms with Gasteiger partial charge in [0.15, 0.2) is 0 Å². The Kier molecular flexibility index (Phi) is 5.86. The molecule has 1 aliphatic heterocycles. The zero-order valence-electron chi connectivity index (χ0n) is 16.8. The van der Waals surface area contributed by atoms with Crippen LogP contribution in [0.5, 0.6) is 0 Å². The Morgan fingerprint density at radius 1 is 1.14 bits per heavy atom. The largest absolute Gasteiger partial charge is 0.373 e. The van der Waals surface area contributed by atoms with Crippen molar-refractivity contribution >= 4 is 22.5 Å². The van der Waals surface area contributed by atoms with Crippen LogP contribution in [0.3, 0.4) is 0 Å². The lowest BCUT2D eigenvalue weighted by atomic mass is 9.74. The summed E-state index contributed by atoms with van der Waals surface area (Å²) in [6, 6.07) is 14.9. The van der Waals surface area contributed by atoms with Gasteiger partial charge in [0.2, 0.25) is 0 Å². The molecule has 1 N–H and O–H groups in total. The Bertz CT molecular complexity index is 1000. The Morgan fingerprint density at radius 2 is 1.86 bits per heavy atom. The van der Waals surface area contributed by atoms with Gasteiger partial charge in [0.1, 0.15) is 11.0 Å². The Labute approximate surface area is 176 Å². The van der Waals surface area contributed by atoms with Crippen molar-refractivity contribution in [3.05, 3.63) is 76.2 Å². The quantitative estimate of drug-likeness (QED) is 0.543. The molecule has 1 atom stereocenters. The minimum absolute atomic E-state index is 0.113. The molecule has 3 nitrogen and oxygen atoms in total. The normalized spacial score (nSPS) is 17.4. The minimum Gasteiger partial charge on any atom is -0.373 e. The van der Waals surface area contributed by atoms with Crippen molar-refractivity contribution in [1.82, 2.24) is 10.3 Å². The maximum Gasteiger partial charge on any atom is 0.129 e. The first-order chi connectivity index (χ1) is 14.0. The van der Waals surface area contributed by atoms with E-state index in [4.69, 9.17) is 16.3 Å². The molecule has 2 heterocycles. The number of benzene rings is 2. The molecule has 1 saturated heterocycles. The van der Waals surface area contributed by atoms with Crippen molar-refractivity contribution in [2.45, 2.75) is 38.2 Å². The van der Waals surface area contributed by atoms with E-state index in [1.54, 1.807) is 12.1 Å². The zero-order valence-corrected chi connectivity index (χ0v) is 17.6. The first kappa shape index (κ1) is 20.3. The van der Waals surface area contributed by atoms with Crippen molar-refractivity contribution in [2.24, 2.45) is 0 Å². The molecule has 3 aromatic rings. The van der Waals surface area contributed by atoms with Crippen molar-refractivity contribution in [3.63, 3.8) is 0 Å². The minimum atomic E-state index is -0.207. The van der Waals surface area contributed by atoms with Crippen LogP contribution in [0.1, 0.15) is 42.6 Å². The number of nitrogens with zero attached hydrogens (tertiary/aromatic N) is 1.